The van der Waals surface area contributed by atoms with Gasteiger partial charge in [0.2, 0.25) is 0 Å². The van der Waals surface area contributed by atoms with Crippen molar-refractivity contribution in [3.05, 3.63) is 64.4 Å². The van der Waals surface area contributed by atoms with Gasteiger partial charge >= 0.3 is 0 Å². The van der Waals surface area contributed by atoms with Crippen LogP contribution in [0.15, 0.2) is 36.0 Å². The van der Waals surface area contributed by atoms with Crippen molar-refractivity contribution in [1.82, 2.24) is 25.2 Å². The number of fused-ring (bicyclic) bond motifs is 1. The summed E-state index contributed by atoms with van der Waals surface area (Å²) in [6.45, 7) is 2.96. The van der Waals surface area contributed by atoms with E-state index in [0.717, 1.165) is 48.6 Å². The molecule has 1 aromatic heterocycles. The van der Waals surface area contributed by atoms with Crippen molar-refractivity contribution in [3.63, 3.8) is 0 Å². The number of rotatable bonds is 11. The number of amides is 1. The van der Waals surface area contributed by atoms with Crippen LogP contribution in [-0.2, 0) is 31.4 Å². The van der Waals surface area contributed by atoms with Crippen LogP contribution in [0.3, 0.4) is 0 Å². The quantitative estimate of drug-likeness (QED) is 0.200. The number of halogens is 2. The fraction of sp³-hybridized carbons (Fsp3) is 0.391. The van der Waals surface area contributed by atoms with Crippen molar-refractivity contribution in [1.29, 1.82) is 0 Å². The highest BCUT2D eigenvalue weighted by Crippen LogP contribution is 2.26. The van der Waals surface area contributed by atoms with Gasteiger partial charge in [0.05, 0.1) is 12.2 Å². The van der Waals surface area contributed by atoms with Gasteiger partial charge in [0, 0.05) is 55.9 Å². The van der Waals surface area contributed by atoms with Crippen molar-refractivity contribution >= 4 is 41.3 Å². The summed E-state index contributed by atoms with van der Waals surface area (Å²) in [6, 6.07) is 7.86. The molecule has 0 saturated heterocycles. The Bertz CT molecular complexity index is 964. The van der Waals surface area contributed by atoms with Crippen molar-refractivity contribution in [3.8, 4) is 0 Å². The molecule has 9 heteroatoms. The maximum atomic E-state index is 11.1. The number of imidazole rings is 1. The number of benzene rings is 1. The van der Waals surface area contributed by atoms with Crippen LogP contribution in [0.2, 0.25) is 0 Å². The highest BCUT2D eigenvalue weighted by molar-refractivity contribution is 6.18. The molecule has 0 radical (unpaired) electrons. The largest absolute Gasteiger partial charge is 0.372 e. The fourth-order valence-electron chi connectivity index (χ4n) is 3.78. The molecule has 2 aromatic rings. The van der Waals surface area contributed by atoms with Crippen LogP contribution < -0.4 is 10.8 Å². The van der Waals surface area contributed by atoms with Gasteiger partial charge in [-0.3, -0.25) is 10.0 Å². The number of allylic oxidation sites excluding steroid dienone is 1. The SMILES string of the molecule is Cn1c(CNCc2ccc(/C=C/C(=O)NO)cc2)nc2c1CCC(N(CCCl)CCCl)=C2. The molecule has 0 saturated carbocycles. The van der Waals surface area contributed by atoms with Gasteiger partial charge in [-0.05, 0) is 36.1 Å². The molecular formula is C23H29Cl2N5O2. The molecule has 1 aliphatic carbocycles. The molecule has 0 aliphatic heterocycles. The summed E-state index contributed by atoms with van der Waals surface area (Å²) in [6.07, 6.45) is 7.01. The van der Waals surface area contributed by atoms with Crippen LogP contribution in [-0.4, -0.2) is 50.4 Å². The first kappa shape index (κ1) is 24.3. The van der Waals surface area contributed by atoms with Crippen LogP contribution in [0.4, 0.5) is 0 Å². The number of aromatic nitrogens is 2. The number of nitrogens with one attached hydrogen (secondary N) is 2. The Morgan fingerprint density at radius 3 is 2.56 bits per heavy atom. The molecule has 1 amide bonds. The molecule has 3 N–H and O–H groups in total. The monoisotopic (exact) mass is 477 g/mol. The molecule has 32 heavy (non-hydrogen) atoms. The predicted octanol–water partition coefficient (Wildman–Crippen LogP) is 3.30. The average Bonchev–Trinajstić information content (AvgIpc) is 3.13. The molecule has 0 atom stereocenters. The first-order chi connectivity index (χ1) is 15.5. The number of hydrogen-bond acceptors (Lipinski definition) is 5. The highest BCUT2D eigenvalue weighted by Gasteiger charge is 2.20. The normalized spacial score (nSPS) is 13.2. The minimum atomic E-state index is -0.554. The van der Waals surface area contributed by atoms with Gasteiger partial charge in [-0.2, -0.15) is 0 Å². The van der Waals surface area contributed by atoms with E-state index in [1.807, 2.05) is 24.3 Å². The summed E-state index contributed by atoms with van der Waals surface area (Å²) in [5.41, 5.74) is 7.12. The molecule has 0 fully saturated rings. The number of carbonyl (C=O) groups excluding carboxylic acids is 1. The smallest absolute Gasteiger partial charge is 0.267 e. The summed E-state index contributed by atoms with van der Waals surface area (Å²) in [5.74, 6) is 1.60. The Morgan fingerprint density at radius 2 is 1.91 bits per heavy atom. The molecule has 0 unspecified atom stereocenters. The van der Waals surface area contributed by atoms with E-state index < -0.39 is 5.91 Å². The summed E-state index contributed by atoms with van der Waals surface area (Å²) in [5, 5.41) is 12.0. The Kier molecular flexibility index (Phi) is 9.17. The molecule has 1 aliphatic rings. The molecule has 172 valence electrons. The minimum absolute atomic E-state index is 0.554. The minimum Gasteiger partial charge on any atom is -0.372 e. The molecule has 1 heterocycles. The van der Waals surface area contributed by atoms with Gasteiger partial charge in [0.15, 0.2) is 0 Å². The van der Waals surface area contributed by atoms with Crippen LogP contribution >= 0.6 is 23.2 Å². The predicted molar refractivity (Wildman–Crippen MR) is 128 cm³/mol. The fourth-order valence-corrected chi connectivity index (χ4v) is 4.19. The summed E-state index contributed by atoms with van der Waals surface area (Å²) < 4.78 is 2.18. The second kappa shape index (κ2) is 12.1. The van der Waals surface area contributed by atoms with E-state index in [-0.39, 0.29) is 0 Å². The van der Waals surface area contributed by atoms with Gasteiger partial charge in [-0.15, -0.1) is 23.2 Å². The van der Waals surface area contributed by atoms with Crippen LogP contribution in [0.25, 0.3) is 12.2 Å². The Morgan fingerprint density at radius 1 is 1.19 bits per heavy atom. The third kappa shape index (κ3) is 6.36. The summed E-state index contributed by atoms with van der Waals surface area (Å²) >= 11 is 11.9. The third-order valence-electron chi connectivity index (χ3n) is 5.50. The molecule has 7 nitrogen and oxygen atoms in total. The second-order valence-corrected chi connectivity index (χ2v) is 8.33. The Balaban J connectivity index is 1.59. The van der Waals surface area contributed by atoms with Gasteiger partial charge in [0.25, 0.3) is 5.91 Å². The van der Waals surface area contributed by atoms with Crippen molar-refractivity contribution in [2.75, 3.05) is 24.8 Å². The lowest BCUT2D eigenvalue weighted by molar-refractivity contribution is -0.124. The zero-order valence-corrected chi connectivity index (χ0v) is 19.7. The first-order valence-electron chi connectivity index (χ1n) is 10.6. The molecule has 0 bridgehead atoms. The van der Waals surface area contributed by atoms with E-state index in [1.54, 1.807) is 11.6 Å². The summed E-state index contributed by atoms with van der Waals surface area (Å²) in [7, 11) is 2.07. The van der Waals surface area contributed by atoms with E-state index in [0.29, 0.717) is 24.8 Å². The molecular weight excluding hydrogens is 449 g/mol. The maximum Gasteiger partial charge on any atom is 0.267 e. The zero-order chi connectivity index (χ0) is 22.9. The highest BCUT2D eigenvalue weighted by atomic mass is 35.5. The zero-order valence-electron chi connectivity index (χ0n) is 18.2. The van der Waals surface area contributed by atoms with E-state index in [4.69, 9.17) is 33.4 Å². The van der Waals surface area contributed by atoms with Gasteiger partial charge in [-0.1, -0.05) is 24.3 Å². The van der Waals surface area contributed by atoms with E-state index in [9.17, 15) is 4.79 Å². The third-order valence-corrected chi connectivity index (χ3v) is 5.84. The van der Waals surface area contributed by atoms with Crippen molar-refractivity contribution < 1.29 is 10.0 Å². The number of alkyl halides is 2. The number of hydrogen-bond donors (Lipinski definition) is 3. The lowest BCUT2D eigenvalue weighted by Crippen LogP contribution is -2.28. The number of hydroxylamine groups is 1. The van der Waals surface area contributed by atoms with Crippen molar-refractivity contribution in [2.45, 2.75) is 25.9 Å². The maximum absolute atomic E-state index is 11.1. The van der Waals surface area contributed by atoms with Crippen LogP contribution in [0.5, 0.6) is 0 Å². The first-order valence-corrected chi connectivity index (χ1v) is 11.7. The van der Waals surface area contributed by atoms with Gasteiger partial charge in [-0.25, -0.2) is 10.5 Å². The lowest BCUT2D eigenvalue weighted by atomic mass is 10.0. The lowest BCUT2D eigenvalue weighted by Gasteiger charge is -2.28. The van der Waals surface area contributed by atoms with Gasteiger partial charge < -0.3 is 14.8 Å². The molecule has 0 spiro atoms. The summed E-state index contributed by atoms with van der Waals surface area (Å²) in [4.78, 5) is 18.2. The molecule has 3 rings (SSSR count). The van der Waals surface area contributed by atoms with E-state index in [2.05, 4.69) is 27.9 Å². The topological polar surface area (TPSA) is 82.4 Å². The van der Waals surface area contributed by atoms with Crippen molar-refractivity contribution in [2.24, 2.45) is 7.05 Å². The van der Waals surface area contributed by atoms with Crippen LogP contribution in [0, 0.1) is 0 Å². The standard InChI is InChI=1S/C23H29Cl2N5O2/c1-29-21-8-7-19(30(12-10-24)13-11-25)14-20(21)27-22(29)16-26-15-18-4-2-17(3-5-18)6-9-23(31)28-32/h2-6,9,14,26,32H,7-8,10-13,15-16H2,1H3,(H,28,31)/b9-6+. The molecule has 1 aromatic carbocycles. The Labute approximate surface area is 198 Å². The van der Waals surface area contributed by atoms with Gasteiger partial charge in [0.1, 0.15) is 5.82 Å². The Hall–Kier alpha value is -2.32. The second-order valence-electron chi connectivity index (χ2n) is 7.57. The van der Waals surface area contributed by atoms with E-state index in [1.165, 1.54) is 17.5 Å². The van der Waals surface area contributed by atoms with Crippen LogP contribution in [0.1, 0.15) is 34.8 Å². The number of carbonyl (C=O) groups is 1. The number of nitrogens with zero attached hydrogens (tertiary/aromatic N) is 3. The van der Waals surface area contributed by atoms with E-state index >= 15 is 0 Å². The average molecular weight is 478 g/mol.